The van der Waals surface area contributed by atoms with Crippen molar-refractivity contribution in [1.82, 2.24) is 4.98 Å². The van der Waals surface area contributed by atoms with Crippen molar-refractivity contribution in [1.29, 1.82) is 0 Å². The van der Waals surface area contributed by atoms with Gasteiger partial charge in [0.2, 0.25) is 0 Å². The number of halogens is 1. The lowest BCUT2D eigenvalue weighted by molar-refractivity contribution is 0.462. The highest BCUT2D eigenvalue weighted by Gasteiger charge is 2.13. The Bertz CT molecular complexity index is 516. The highest BCUT2D eigenvalue weighted by molar-refractivity contribution is 9.10. The minimum Gasteiger partial charge on any atom is -0.508 e. The van der Waals surface area contributed by atoms with E-state index in [0.717, 1.165) is 22.1 Å². The van der Waals surface area contributed by atoms with Crippen molar-refractivity contribution < 1.29 is 5.11 Å². The molecule has 0 saturated heterocycles. The van der Waals surface area contributed by atoms with Crippen LogP contribution in [0.25, 0.3) is 0 Å². The molecule has 1 aromatic heterocycles. The van der Waals surface area contributed by atoms with Crippen LogP contribution in [-0.4, -0.2) is 10.1 Å². The van der Waals surface area contributed by atoms with Crippen LogP contribution in [0.5, 0.6) is 5.75 Å². The Hall–Kier alpha value is -1.55. The molecule has 94 valence electrons. The number of hydrogen-bond donors (Lipinski definition) is 2. The van der Waals surface area contributed by atoms with Gasteiger partial charge in [-0.2, -0.15) is 0 Å². The number of nitrogens with one attached hydrogen (secondary N) is 1. The van der Waals surface area contributed by atoms with Gasteiger partial charge in [-0.25, -0.2) is 0 Å². The van der Waals surface area contributed by atoms with Crippen molar-refractivity contribution in [3.63, 3.8) is 0 Å². The fourth-order valence-corrected chi connectivity index (χ4v) is 2.23. The van der Waals surface area contributed by atoms with E-state index in [1.165, 1.54) is 0 Å². The molecule has 0 aliphatic heterocycles. The highest BCUT2D eigenvalue weighted by atomic mass is 79.9. The van der Waals surface area contributed by atoms with Crippen LogP contribution in [0.4, 0.5) is 5.69 Å². The lowest BCUT2D eigenvalue weighted by Gasteiger charge is -2.19. The molecular weight excluding hydrogens is 292 g/mol. The Morgan fingerprint density at radius 2 is 2.22 bits per heavy atom. The zero-order valence-corrected chi connectivity index (χ0v) is 11.7. The number of benzene rings is 1. The molecule has 0 fully saturated rings. The van der Waals surface area contributed by atoms with Gasteiger partial charge in [-0.1, -0.05) is 22.9 Å². The third kappa shape index (κ3) is 3.01. The van der Waals surface area contributed by atoms with Crippen LogP contribution >= 0.6 is 15.9 Å². The average molecular weight is 307 g/mol. The lowest BCUT2D eigenvalue weighted by Crippen LogP contribution is -2.10. The molecule has 0 bridgehead atoms. The topological polar surface area (TPSA) is 45.2 Å². The number of aromatic nitrogens is 1. The van der Waals surface area contributed by atoms with Crippen molar-refractivity contribution >= 4 is 21.6 Å². The van der Waals surface area contributed by atoms with Gasteiger partial charge < -0.3 is 10.4 Å². The van der Waals surface area contributed by atoms with Gasteiger partial charge in [0.05, 0.1) is 11.7 Å². The van der Waals surface area contributed by atoms with Crippen molar-refractivity contribution in [2.45, 2.75) is 19.4 Å². The summed E-state index contributed by atoms with van der Waals surface area (Å²) in [6.07, 6.45) is 4.39. The number of anilines is 1. The molecule has 2 N–H and O–H groups in total. The van der Waals surface area contributed by atoms with Gasteiger partial charge in [-0.05, 0) is 36.8 Å². The van der Waals surface area contributed by atoms with E-state index in [9.17, 15) is 5.11 Å². The molecule has 1 heterocycles. The molecule has 3 nitrogen and oxygen atoms in total. The second-order valence-electron chi connectivity index (χ2n) is 4.05. The van der Waals surface area contributed by atoms with Gasteiger partial charge >= 0.3 is 0 Å². The summed E-state index contributed by atoms with van der Waals surface area (Å²) in [5.74, 6) is 0.307. The fraction of sp³-hybridized carbons (Fsp3) is 0.214. The second kappa shape index (κ2) is 5.87. The minimum atomic E-state index is 0.0618. The minimum absolute atomic E-state index is 0.0618. The highest BCUT2D eigenvalue weighted by Crippen LogP contribution is 2.31. The lowest BCUT2D eigenvalue weighted by atomic mass is 10.0. The maximum Gasteiger partial charge on any atom is 0.120 e. The maximum atomic E-state index is 9.94. The third-order valence-electron chi connectivity index (χ3n) is 2.78. The van der Waals surface area contributed by atoms with E-state index in [-0.39, 0.29) is 6.04 Å². The molecule has 4 heteroatoms. The average Bonchev–Trinajstić information content (AvgIpc) is 2.40. The van der Waals surface area contributed by atoms with E-state index >= 15 is 0 Å². The van der Waals surface area contributed by atoms with Crippen LogP contribution in [0.1, 0.15) is 24.9 Å². The first-order valence-electron chi connectivity index (χ1n) is 5.85. The third-order valence-corrected chi connectivity index (χ3v) is 3.27. The standard InChI is InChI=1S/C14H15BrN2O/c1-2-13(17-11-4-3-7-16-9-11)12-8-10(15)5-6-14(12)18/h3-9,13,17-18H,2H2,1H3. The SMILES string of the molecule is CCC(Nc1cccnc1)c1cc(Br)ccc1O. The maximum absolute atomic E-state index is 9.94. The largest absolute Gasteiger partial charge is 0.508 e. The summed E-state index contributed by atoms with van der Waals surface area (Å²) < 4.78 is 0.960. The number of phenols is 1. The van der Waals surface area contributed by atoms with E-state index in [4.69, 9.17) is 0 Å². The quantitative estimate of drug-likeness (QED) is 0.893. The molecule has 1 unspecified atom stereocenters. The molecule has 0 aliphatic rings. The molecule has 0 spiro atoms. The first-order valence-corrected chi connectivity index (χ1v) is 6.65. The molecule has 2 rings (SSSR count). The summed E-state index contributed by atoms with van der Waals surface area (Å²) in [6, 6.07) is 9.38. The summed E-state index contributed by atoms with van der Waals surface area (Å²) >= 11 is 3.43. The summed E-state index contributed by atoms with van der Waals surface area (Å²) in [6.45, 7) is 2.08. The molecule has 0 aliphatic carbocycles. The summed E-state index contributed by atoms with van der Waals surface area (Å²) in [5.41, 5.74) is 1.83. The predicted molar refractivity (Wildman–Crippen MR) is 76.7 cm³/mol. The van der Waals surface area contributed by atoms with Gasteiger partial charge in [-0.3, -0.25) is 4.98 Å². The number of rotatable bonds is 4. The van der Waals surface area contributed by atoms with Crippen LogP contribution in [0.2, 0.25) is 0 Å². The van der Waals surface area contributed by atoms with Gasteiger partial charge in [0.25, 0.3) is 0 Å². The van der Waals surface area contributed by atoms with E-state index in [0.29, 0.717) is 5.75 Å². The Balaban J connectivity index is 2.26. The monoisotopic (exact) mass is 306 g/mol. The first-order chi connectivity index (χ1) is 8.70. The van der Waals surface area contributed by atoms with Crippen LogP contribution in [0, 0.1) is 0 Å². The summed E-state index contributed by atoms with van der Waals surface area (Å²) in [7, 11) is 0. The normalized spacial score (nSPS) is 12.1. The van der Waals surface area contributed by atoms with Crippen LogP contribution in [0.3, 0.4) is 0 Å². The number of hydrogen-bond acceptors (Lipinski definition) is 3. The second-order valence-corrected chi connectivity index (χ2v) is 4.97. The number of phenolic OH excluding ortho intramolecular Hbond substituents is 1. The van der Waals surface area contributed by atoms with Crippen LogP contribution < -0.4 is 5.32 Å². The molecule has 0 saturated carbocycles. The van der Waals surface area contributed by atoms with Crippen molar-refractivity contribution in [2.24, 2.45) is 0 Å². The molecule has 0 amide bonds. The first kappa shape index (κ1) is 12.9. The number of pyridine rings is 1. The zero-order valence-electron chi connectivity index (χ0n) is 10.1. The molecule has 1 aromatic carbocycles. The molecule has 0 radical (unpaired) electrons. The van der Waals surface area contributed by atoms with Crippen LogP contribution in [-0.2, 0) is 0 Å². The number of aromatic hydroxyl groups is 1. The van der Waals surface area contributed by atoms with Crippen molar-refractivity contribution in [3.05, 3.63) is 52.8 Å². The predicted octanol–water partition coefficient (Wildman–Crippen LogP) is 4.11. The van der Waals surface area contributed by atoms with E-state index in [1.54, 1.807) is 18.5 Å². The fourth-order valence-electron chi connectivity index (χ4n) is 1.85. The van der Waals surface area contributed by atoms with Gasteiger partial charge in [0, 0.05) is 22.4 Å². The van der Waals surface area contributed by atoms with E-state index < -0.39 is 0 Å². The van der Waals surface area contributed by atoms with Crippen LogP contribution in [0.15, 0.2) is 47.2 Å². The number of nitrogens with zero attached hydrogens (tertiary/aromatic N) is 1. The van der Waals surface area contributed by atoms with Crippen molar-refractivity contribution in [2.75, 3.05) is 5.32 Å². The Labute approximate surface area is 115 Å². The Kier molecular flexibility index (Phi) is 4.20. The van der Waals surface area contributed by atoms with E-state index in [2.05, 4.69) is 33.2 Å². The van der Waals surface area contributed by atoms with E-state index in [1.807, 2.05) is 24.3 Å². The molecule has 2 aromatic rings. The molecule has 1 atom stereocenters. The van der Waals surface area contributed by atoms with Gasteiger partial charge in [0.1, 0.15) is 5.75 Å². The Morgan fingerprint density at radius 3 is 2.89 bits per heavy atom. The Morgan fingerprint density at radius 1 is 1.39 bits per heavy atom. The zero-order chi connectivity index (χ0) is 13.0. The summed E-state index contributed by atoms with van der Waals surface area (Å²) in [4.78, 5) is 4.07. The van der Waals surface area contributed by atoms with Crippen molar-refractivity contribution in [3.8, 4) is 5.75 Å². The van der Waals surface area contributed by atoms with Gasteiger partial charge in [-0.15, -0.1) is 0 Å². The van der Waals surface area contributed by atoms with Gasteiger partial charge in [0.15, 0.2) is 0 Å². The molecular formula is C14H15BrN2O. The smallest absolute Gasteiger partial charge is 0.120 e. The summed E-state index contributed by atoms with van der Waals surface area (Å²) in [5, 5.41) is 13.3. The molecule has 18 heavy (non-hydrogen) atoms.